The van der Waals surface area contributed by atoms with Crippen LogP contribution in [0, 0.1) is 0 Å². The maximum absolute atomic E-state index is 6.06. The van der Waals surface area contributed by atoms with Crippen molar-refractivity contribution in [2.24, 2.45) is 0 Å². The number of fused-ring (bicyclic) bond motifs is 3. The van der Waals surface area contributed by atoms with E-state index < -0.39 is 0 Å². The van der Waals surface area contributed by atoms with Crippen molar-refractivity contribution in [1.82, 2.24) is 0 Å². The Balaban J connectivity index is 0.923. The monoisotopic (exact) mass is 726 g/mol. The van der Waals surface area contributed by atoms with Crippen LogP contribution in [0.25, 0.3) is 55.6 Å². The van der Waals surface area contributed by atoms with Crippen molar-refractivity contribution < 1.29 is 18.9 Å². The molecule has 2 aliphatic heterocycles. The molecule has 0 amide bonds. The number of rotatable bonds is 10. The summed E-state index contributed by atoms with van der Waals surface area (Å²) in [4.78, 5) is 0. The normalized spacial score (nSPS) is 18.7. The van der Waals surface area contributed by atoms with Crippen molar-refractivity contribution in [3.05, 3.63) is 145 Å². The molecule has 2 saturated heterocycles. The smallest absolute Gasteiger partial charge is 0.199 e. The molecule has 0 radical (unpaired) electrons. The van der Waals surface area contributed by atoms with Crippen LogP contribution in [0.15, 0.2) is 133 Å². The molecule has 2 atom stereocenters. The highest BCUT2D eigenvalue weighted by Gasteiger charge is 2.40. The summed E-state index contributed by atoms with van der Waals surface area (Å²) in [5.41, 5.74) is 15.3. The molecule has 4 nitrogen and oxygen atoms in total. The molecule has 0 saturated carbocycles. The van der Waals surface area contributed by atoms with Crippen molar-refractivity contribution in [1.29, 1.82) is 0 Å². The second-order valence-corrected chi connectivity index (χ2v) is 15.3. The van der Waals surface area contributed by atoms with E-state index in [4.69, 9.17) is 18.9 Å². The Kier molecular flexibility index (Phi) is 10.0. The van der Waals surface area contributed by atoms with Crippen molar-refractivity contribution in [3.63, 3.8) is 0 Å². The van der Waals surface area contributed by atoms with Crippen LogP contribution < -0.4 is 9.47 Å². The zero-order valence-corrected chi connectivity index (χ0v) is 32.1. The summed E-state index contributed by atoms with van der Waals surface area (Å²) in [5.74, 6) is 1.72. The van der Waals surface area contributed by atoms with E-state index in [9.17, 15) is 0 Å². The van der Waals surface area contributed by atoms with E-state index >= 15 is 0 Å². The molecule has 4 heteroatoms. The van der Waals surface area contributed by atoms with Gasteiger partial charge < -0.3 is 18.9 Å². The van der Waals surface area contributed by atoms with Gasteiger partial charge in [0.2, 0.25) is 0 Å². The fraction of sp³-hybridized carbons (Fsp3) is 0.294. The van der Waals surface area contributed by atoms with Crippen LogP contribution in [-0.4, -0.2) is 25.8 Å². The second kappa shape index (κ2) is 15.5. The Bertz CT molecular complexity index is 2060. The molecule has 2 unspecified atom stereocenters. The van der Waals surface area contributed by atoms with Gasteiger partial charge >= 0.3 is 0 Å². The first-order valence-corrected chi connectivity index (χ1v) is 20.4. The average molecular weight is 727 g/mol. The highest BCUT2D eigenvalue weighted by Crippen LogP contribution is 2.54. The maximum atomic E-state index is 6.06. The van der Waals surface area contributed by atoms with E-state index in [1.807, 2.05) is 0 Å². The molecule has 6 aromatic carbocycles. The first-order valence-electron chi connectivity index (χ1n) is 20.4. The predicted molar refractivity (Wildman–Crippen MR) is 223 cm³/mol. The predicted octanol–water partition coefficient (Wildman–Crippen LogP) is 13.3. The first kappa shape index (κ1) is 35.5. The topological polar surface area (TPSA) is 36.9 Å². The van der Waals surface area contributed by atoms with E-state index in [2.05, 4.69) is 147 Å². The van der Waals surface area contributed by atoms with Gasteiger partial charge in [0.05, 0.1) is 13.2 Å². The van der Waals surface area contributed by atoms with Crippen LogP contribution in [0.4, 0.5) is 0 Å². The molecule has 3 aliphatic rings. The number of hydrogen-bond donors (Lipinski definition) is 0. The van der Waals surface area contributed by atoms with E-state index in [0.717, 1.165) is 76.1 Å². The lowest BCUT2D eigenvalue weighted by atomic mass is 9.73. The third-order valence-electron chi connectivity index (χ3n) is 12.2. The molecular weight excluding hydrogens is 677 g/mol. The molecule has 0 spiro atoms. The Morgan fingerprint density at radius 2 is 0.764 bits per heavy atom. The van der Waals surface area contributed by atoms with E-state index in [-0.39, 0.29) is 18.0 Å². The standard InChI is InChI=1S/C51H50O4/c1-3-51(4-2)47-33-41(39-15-11-35(12-16-39)37-19-25-43(26-20-37)54-49-9-5-7-31-52-49)23-29-45(47)46-30-24-42(34-48(46)51)40-17-13-36(14-18-40)38-21-27-44(28-22-38)55-50-10-6-8-32-53-50/h11-30,33-34,49-50H,3-10,31-32H2,1-2H3. The molecule has 0 aromatic heterocycles. The lowest BCUT2D eigenvalue weighted by molar-refractivity contribution is -0.106. The third-order valence-corrected chi connectivity index (χ3v) is 12.2. The van der Waals surface area contributed by atoms with E-state index in [1.54, 1.807) is 0 Å². The van der Waals surface area contributed by atoms with Crippen molar-refractivity contribution in [3.8, 4) is 67.1 Å². The van der Waals surface area contributed by atoms with Crippen LogP contribution in [0.5, 0.6) is 11.5 Å². The SMILES string of the molecule is CCC1(CC)c2cc(-c3ccc(-c4ccc(OC5CCCCO5)cc4)cc3)ccc2-c2ccc(-c3ccc(-c4ccc(OC5CCCCO5)cc4)cc3)cc21. The van der Waals surface area contributed by atoms with Gasteiger partial charge in [0, 0.05) is 18.3 Å². The average Bonchev–Trinajstić information content (AvgIpc) is 3.53. The van der Waals surface area contributed by atoms with E-state index in [1.165, 1.54) is 66.8 Å². The minimum Gasteiger partial charge on any atom is -0.465 e. The third kappa shape index (κ3) is 7.10. The summed E-state index contributed by atoms with van der Waals surface area (Å²) in [6.07, 6.45) is 8.31. The van der Waals surface area contributed by atoms with Gasteiger partial charge in [-0.2, -0.15) is 0 Å². The van der Waals surface area contributed by atoms with Crippen LogP contribution >= 0.6 is 0 Å². The summed E-state index contributed by atoms with van der Waals surface area (Å²) in [5, 5.41) is 0. The largest absolute Gasteiger partial charge is 0.465 e. The highest BCUT2D eigenvalue weighted by atomic mass is 16.7. The minimum atomic E-state index is -0.129. The van der Waals surface area contributed by atoms with Gasteiger partial charge in [-0.05, 0) is 142 Å². The Morgan fingerprint density at radius 3 is 1.09 bits per heavy atom. The van der Waals surface area contributed by atoms with Gasteiger partial charge in [-0.25, -0.2) is 0 Å². The van der Waals surface area contributed by atoms with Gasteiger partial charge in [0.15, 0.2) is 12.6 Å². The van der Waals surface area contributed by atoms with Gasteiger partial charge in [-0.15, -0.1) is 0 Å². The lowest BCUT2D eigenvalue weighted by Gasteiger charge is -2.30. The van der Waals surface area contributed by atoms with Gasteiger partial charge in [-0.3, -0.25) is 0 Å². The molecule has 0 bridgehead atoms. The number of hydrogen-bond acceptors (Lipinski definition) is 4. The second-order valence-electron chi connectivity index (χ2n) is 15.3. The zero-order chi connectivity index (χ0) is 37.2. The van der Waals surface area contributed by atoms with Crippen molar-refractivity contribution in [2.75, 3.05) is 13.2 Å². The highest BCUT2D eigenvalue weighted by molar-refractivity contribution is 5.86. The molecule has 278 valence electrons. The van der Waals surface area contributed by atoms with Crippen LogP contribution in [0.2, 0.25) is 0 Å². The summed E-state index contributed by atoms with van der Waals surface area (Å²) in [6.45, 7) is 6.27. The Hall–Kier alpha value is -5.16. The van der Waals surface area contributed by atoms with Gasteiger partial charge in [0.1, 0.15) is 11.5 Å². The molecule has 0 N–H and O–H groups in total. The fourth-order valence-corrected chi connectivity index (χ4v) is 8.94. The summed E-state index contributed by atoms with van der Waals surface area (Å²) < 4.78 is 23.6. The molecule has 6 aromatic rings. The summed E-state index contributed by atoms with van der Waals surface area (Å²) in [7, 11) is 0. The Labute approximate surface area is 326 Å². The maximum Gasteiger partial charge on any atom is 0.199 e. The van der Waals surface area contributed by atoms with Crippen LogP contribution in [0.1, 0.15) is 76.3 Å². The number of ether oxygens (including phenoxy) is 4. The molecule has 55 heavy (non-hydrogen) atoms. The zero-order valence-electron chi connectivity index (χ0n) is 32.1. The van der Waals surface area contributed by atoms with Crippen molar-refractivity contribution in [2.45, 2.75) is 83.2 Å². The molecular formula is C51H50O4. The van der Waals surface area contributed by atoms with Crippen LogP contribution in [0.3, 0.4) is 0 Å². The quantitative estimate of drug-likeness (QED) is 0.141. The molecule has 2 heterocycles. The lowest BCUT2D eigenvalue weighted by Crippen LogP contribution is -2.24. The molecule has 1 aliphatic carbocycles. The summed E-state index contributed by atoms with van der Waals surface area (Å²) >= 11 is 0. The Morgan fingerprint density at radius 1 is 0.436 bits per heavy atom. The van der Waals surface area contributed by atoms with Gasteiger partial charge in [0.25, 0.3) is 0 Å². The number of benzene rings is 6. The van der Waals surface area contributed by atoms with Gasteiger partial charge in [-0.1, -0.05) is 111 Å². The van der Waals surface area contributed by atoms with Crippen molar-refractivity contribution >= 4 is 0 Å². The fourth-order valence-electron chi connectivity index (χ4n) is 8.94. The molecule has 9 rings (SSSR count). The first-order chi connectivity index (χ1) is 27.1. The summed E-state index contributed by atoms with van der Waals surface area (Å²) in [6, 6.07) is 49.0. The van der Waals surface area contributed by atoms with E-state index in [0.29, 0.717) is 0 Å². The minimum absolute atomic E-state index is 0.0322. The van der Waals surface area contributed by atoms with Crippen LogP contribution in [-0.2, 0) is 14.9 Å². The molecule has 2 fully saturated rings.